The smallest absolute Gasteiger partial charge is 0.224 e. The Hall–Kier alpha value is -0.570. The summed E-state index contributed by atoms with van der Waals surface area (Å²) >= 11 is 0. The van der Waals surface area contributed by atoms with Crippen LogP contribution in [0.2, 0.25) is 0 Å². The molecule has 0 aromatic heterocycles. The van der Waals surface area contributed by atoms with E-state index in [9.17, 15) is 4.79 Å². The first-order valence-electron chi connectivity index (χ1n) is 4.11. The molecule has 0 spiro atoms. The fraction of sp³-hybridized carbons (Fsp3) is 0.875. The summed E-state index contributed by atoms with van der Waals surface area (Å²) in [7, 11) is 0. The van der Waals surface area contributed by atoms with Gasteiger partial charge in [0.15, 0.2) is 0 Å². The highest BCUT2D eigenvalue weighted by atomic mass is 16.1. The molecule has 0 aliphatic carbocycles. The van der Waals surface area contributed by atoms with Crippen LogP contribution in [-0.2, 0) is 4.79 Å². The first-order chi connectivity index (χ1) is 5.08. The molecule has 0 bridgehead atoms. The van der Waals surface area contributed by atoms with E-state index >= 15 is 0 Å². The van der Waals surface area contributed by atoms with Crippen molar-refractivity contribution in [1.29, 1.82) is 0 Å². The lowest BCUT2D eigenvalue weighted by Crippen LogP contribution is -2.36. The molecule has 0 saturated carbocycles. The zero-order valence-electron chi connectivity index (χ0n) is 7.26. The summed E-state index contributed by atoms with van der Waals surface area (Å²) in [6.07, 6.45) is 0.913. The van der Waals surface area contributed by atoms with E-state index in [-0.39, 0.29) is 11.3 Å². The molecule has 1 amide bonds. The van der Waals surface area contributed by atoms with Crippen molar-refractivity contribution in [2.45, 2.75) is 20.3 Å². The molecular weight excluding hydrogens is 140 g/mol. The van der Waals surface area contributed by atoms with Crippen LogP contribution in [-0.4, -0.2) is 30.4 Å². The van der Waals surface area contributed by atoms with Crippen LogP contribution in [0.15, 0.2) is 0 Å². The lowest BCUT2D eigenvalue weighted by Gasteiger charge is -2.19. The van der Waals surface area contributed by atoms with Crippen LogP contribution in [0.4, 0.5) is 0 Å². The molecule has 3 nitrogen and oxygen atoms in total. The Morgan fingerprint density at radius 1 is 1.73 bits per heavy atom. The van der Waals surface area contributed by atoms with Gasteiger partial charge in [0.1, 0.15) is 0 Å². The van der Waals surface area contributed by atoms with E-state index in [1.807, 2.05) is 6.92 Å². The highest BCUT2D eigenvalue weighted by Crippen LogP contribution is 2.28. The Labute approximate surface area is 67.5 Å². The molecule has 1 atom stereocenters. The molecular formula is C8H16N2O. The van der Waals surface area contributed by atoms with Crippen LogP contribution >= 0.6 is 0 Å². The monoisotopic (exact) mass is 156 g/mol. The third-order valence-corrected chi connectivity index (χ3v) is 2.59. The Morgan fingerprint density at radius 3 is 2.64 bits per heavy atom. The van der Waals surface area contributed by atoms with Gasteiger partial charge in [0.25, 0.3) is 0 Å². The third kappa shape index (κ3) is 1.53. The molecule has 1 fully saturated rings. The summed E-state index contributed by atoms with van der Waals surface area (Å²) in [5.74, 6) is -0.159. The number of nitrogens with zero attached hydrogens (tertiary/aromatic N) is 1. The number of hydrogen-bond donors (Lipinski definition) is 1. The second-order valence-corrected chi connectivity index (χ2v) is 3.54. The van der Waals surface area contributed by atoms with Crippen molar-refractivity contribution >= 4 is 5.91 Å². The molecule has 0 radical (unpaired) electrons. The van der Waals surface area contributed by atoms with E-state index in [0.29, 0.717) is 0 Å². The van der Waals surface area contributed by atoms with E-state index in [1.165, 1.54) is 0 Å². The summed E-state index contributed by atoms with van der Waals surface area (Å²) in [6.45, 7) is 6.91. The Bertz CT molecular complexity index is 169. The minimum atomic E-state index is -0.268. The molecule has 1 unspecified atom stereocenters. The van der Waals surface area contributed by atoms with E-state index in [0.717, 1.165) is 26.1 Å². The van der Waals surface area contributed by atoms with Crippen LogP contribution in [0.5, 0.6) is 0 Å². The lowest BCUT2D eigenvalue weighted by atomic mass is 9.89. The average Bonchev–Trinajstić information content (AvgIpc) is 2.33. The second-order valence-electron chi connectivity index (χ2n) is 3.54. The Morgan fingerprint density at radius 2 is 2.36 bits per heavy atom. The van der Waals surface area contributed by atoms with E-state index < -0.39 is 0 Å². The molecule has 0 aromatic rings. The van der Waals surface area contributed by atoms with Crippen molar-refractivity contribution in [2.24, 2.45) is 11.1 Å². The van der Waals surface area contributed by atoms with Crippen molar-refractivity contribution in [1.82, 2.24) is 4.90 Å². The Balaban J connectivity index is 2.57. The first kappa shape index (κ1) is 8.53. The van der Waals surface area contributed by atoms with Crippen molar-refractivity contribution < 1.29 is 4.79 Å². The number of carbonyl (C=O) groups is 1. The molecule has 1 aliphatic rings. The van der Waals surface area contributed by atoms with E-state index in [2.05, 4.69) is 11.8 Å². The quantitative estimate of drug-likeness (QED) is 0.621. The normalized spacial score (nSPS) is 32.5. The van der Waals surface area contributed by atoms with Gasteiger partial charge in [-0.1, -0.05) is 6.92 Å². The van der Waals surface area contributed by atoms with Gasteiger partial charge in [0.05, 0.1) is 5.41 Å². The number of nitrogens with two attached hydrogens (primary N) is 1. The third-order valence-electron chi connectivity index (χ3n) is 2.59. The highest BCUT2D eigenvalue weighted by Gasteiger charge is 2.37. The van der Waals surface area contributed by atoms with Crippen molar-refractivity contribution in [3.63, 3.8) is 0 Å². The lowest BCUT2D eigenvalue weighted by molar-refractivity contribution is -0.126. The number of carbonyl (C=O) groups excluding carboxylic acids is 1. The first-order valence-corrected chi connectivity index (χ1v) is 4.11. The fourth-order valence-corrected chi connectivity index (χ4v) is 1.53. The van der Waals surface area contributed by atoms with Crippen LogP contribution in [0, 0.1) is 5.41 Å². The van der Waals surface area contributed by atoms with Crippen LogP contribution < -0.4 is 5.73 Å². The minimum Gasteiger partial charge on any atom is -0.369 e. The molecule has 1 rings (SSSR count). The van der Waals surface area contributed by atoms with Crippen molar-refractivity contribution in [3.05, 3.63) is 0 Å². The Kier molecular flexibility index (Phi) is 2.18. The summed E-state index contributed by atoms with van der Waals surface area (Å²) in [5, 5.41) is 0. The predicted molar refractivity (Wildman–Crippen MR) is 44.0 cm³/mol. The van der Waals surface area contributed by atoms with Crippen LogP contribution in [0.25, 0.3) is 0 Å². The predicted octanol–water partition coefficient (Wildman–Crippen LogP) is 0.204. The van der Waals surface area contributed by atoms with Gasteiger partial charge in [-0.2, -0.15) is 0 Å². The number of hydrogen-bond acceptors (Lipinski definition) is 2. The molecule has 1 aliphatic heterocycles. The van der Waals surface area contributed by atoms with Crippen LogP contribution in [0.3, 0.4) is 0 Å². The van der Waals surface area contributed by atoms with Crippen LogP contribution in [0.1, 0.15) is 20.3 Å². The second kappa shape index (κ2) is 2.81. The number of primary amides is 1. The summed E-state index contributed by atoms with van der Waals surface area (Å²) in [4.78, 5) is 13.2. The molecule has 64 valence electrons. The van der Waals surface area contributed by atoms with Gasteiger partial charge in [-0.3, -0.25) is 4.79 Å². The number of likely N-dealkylation sites (tertiary alicyclic amines) is 1. The zero-order chi connectivity index (χ0) is 8.48. The van der Waals surface area contributed by atoms with Gasteiger partial charge >= 0.3 is 0 Å². The maximum atomic E-state index is 11.0. The largest absolute Gasteiger partial charge is 0.369 e. The maximum absolute atomic E-state index is 11.0. The molecule has 2 N–H and O–H groups in total. The molecule has 3 heteroatoms. The van der Waals surface area contributed by atoms with E-state index in [1.54, 1.807) is 0 Å². The fourth-order valence-electron chi connectivity index (χ4n) is 1.53. The summed E-state index contributed by atoms with van der Waals surface area (Å²) < 4.78 is 0. The molecule has 1 heterocycles. The number of amides is 1. The van der Waals surface area contributed by atoms with E-state index in [4.69, 9.17) is 5.73 Å². The minimum absolute atomic E-state index is 0.159. The van der Waals surface area contributed by atoms with Crippen molar-refractivity contribution in [3.8, 4) is 0 Å². The van der Waals surface area contributed by atoms with Gasteiger partial charge < -0.3 is 10.6 Å². The topological polar surface area (TPSA) is 46.3 Å². The van der Waals surface area contributed by atoms with Gasteiger partial charge in [-0.25, -0.2) is 0 Å². The van der Waals surface area contributed by atoms with Gasteiger partial charge in [0, 0.05) is 6.54 Å². The van der Waals surface area contributed by atoms with Gasteiger partial charge in [-0.05, 0) is 26.4 Å². The van der Waals surface area contributed by atoms with Gasteiger partial charge in [-0.15, -0.1) is 0 Å². The average molecular weight is 156 g/mol. The summed E-state index contributed by atoms with van der Waals surface area (Å²) in [5.41, 5.74) is 5.02. The van der Waals surface area contributed by atoms with Gasteiger partial charge in [0.2, 0.25) is 5.91 Å². The standard InChI is InChI=1S/C8H16N2O/c1-3-10-5-4-8(2,6-10)7(9)11/h3-6H2,1-2H3,(H2,9,11). The number of rotatable bonds is 2. The molecule has 11 heavy (non-hydrogen) atoms. The summed E-state index contributed by atoms with van der Waals surface area (Å²) in [6, 6.07) is 0. The zero-order valence-corrected chi connectivity index (χ0v) is 7.26. The maximum Gasteiger partial charge on any atom is 0.224 e. The molecule has 0 aromatic carbocycles. The highest BCUT2D eigenvalue weighted by molar-refractivity contribution is 5.81. The molecule has 1 saturated heterocycles. The van der Waals surface area contributed by atoms with Crippen molar-refractivity contribution in [2.75, 3.05) is 19.6 Å². The SMILES string of the molecule is CCN1CCC(C)(C(N)=O)C1.